The molecule has 1 rings (SSSR count). The number of esters is 1. The minimum absolute atomic E-state index is 0.153. The average molecular weight is 203 g/mol. The van der Waals surface area contributed by atoms with E-state index in [1.54, 1.807) is 0 Å². The minimum atomic E-state index is -0.792. The van der Waals surface area contributed by atoms with Gasteiger partial charge in [0.1, 0.15) is 11.6 Å². The third kappa shape index (κ3) is 2.59. The van der Waals surface area contributed by atoms with Crippen molar-refractivity contribution in [1.82, 2.24) is 0 Å². The maximum atomic E-state index is 11.0. The highest BCUT2D eigenvalue weighted by atomic mass is 35.5. The summed E-state index contributed by atoms with van der Waals surface area (Å²) in [6.07, 6.45) is 2.25. The molecular weight excluding hydrogens is 196 g/mol. The molecule has 0 saturated heterocycles. The molecule has 0 aromatic carbocycles. The van der Waals surface area contributed by atoms with Crippen LogP contribution in [0.3, 0.4) is 0 Å². The number of ether oxygens (including phenoxy) is 1. The van der Waals surface area contributed by atoms with Gasteiger partial charge >= 0.3 is 5.97 Å². The summed E-state index contributed by atoms with van der Waals surface area (Å²) in [5.41, 5.74) is -0.420. The summed E-state index contributed by atoms with van der Waals surface area (Å²) < 4.78 is 9.28. The zero-order valence-electron chi connectivity index (χ0n) is 6.82. The smallest absolute Gasteiger partial charge is 0.329 e. The van der Waals surface area contributed by atoms with E-state index in [0.717, 1.165) is 12.3 Å². The molecule has 0 saturated carbocycles. The van der Waals surface area contributed by atoms with Crippen LogP contribution in [0.2, 0.25) is 0 Å². The van der Waals surface area contributed by atoms with Gasteiger partial charge in [0.15, 0.2) is 0 Å². The highest BCUT2D eigenvalue weighted by Crippen LogP contribution is 2.05. The molecule has 0 amide bonds. The molecule has 13 heavy (non-hydrogen) atoms. The zero-order valence-corrected chi connectivity index (χ0v) is 7.58. The summed E-state index contributed by atoms with van der Waals surface area (Å²) in [5, 5.41) is -0.792. The van der Waals surface area contributed by atoms with Crippen molar-refractivity contribution in [1.29, 1.82) is 0 Å². The summed E-state index contributed by atoms with van der Waals surface area (Å²) in [6.45, 7) is 1.45. The predicted molar refractivity (Wildman–Crippen MR) is 45.9 cm³/mol. The van der Waals surface area contributed by atoms with Crippen LogP contribution in [0, 0.1) is 0 Å². The van der Waals surface area contributed by atoms with Gasteiger partial charge in [-0.25, -0.2) is 0 Å². The Balaban J connectivity index is 2.81. The van der Waals surface area contributed by atoms with E-state index in [-0.39, 0.29) is 5.75 Å². The van der Waals surface area contributed by atoms with E-state index in [9.17, 15) is 9.59 Å². The van der Waals surface area contributed by atoms with Gasteiger partial charge in [0.25, 0.3) is 0 Å². The van der Waals surface area contributed by atoms with Crippen molar-refractivity contribution in [2.75, 3.05) is 0 Å². The number of carbonyl (C=O) groups excluding carboxylic acids is 1. The molecule has 0 fully saturated rings. The monoisotopic (exact) mass is 202 g/mol. The van der Waals surface area contributed by atoms with Crippen LogP contribution in [-0.4, -0.2) is 11.3 Å². The van der Waals surface area contributed by atoms with Gasteiger partial charge in [-0.2, -0.15) is 0 Å². The highest BCUT2D eigenvalue weighted by Gasteiger charge is 2.13. The van der Waals surface area contributed by atoms with E-state index in [1.807, 2.05) is 0 Å². The van der Waals surface area contributed by atoms with E-state index >= 15 is 0 Å². The van der Waals surface area contributed by atoms with Gasteiger partial charge in [-0.1, -0.05) is 0 Å². The number of hydrogen-bond donors (Lipinski definition) is 0. The van der Waals surface area contributed by atoms with Gasteiger partial charge in [0, 0.05) is 6.07 Å². The average Bonchev–Trinajstić information content (AvgIpc) is 2.08. The van der Waals surface area contributed by atoms with Crippen molar-refractivity contribution in [2.24, 2.45) is 0 Å². The molecule has 0 aliphatic carbocycles. The second kappa shape index (κ2) is 4.09. The largest absolute Gasteiger partial charge is 0.468 e. The third-order valence-electron chi connectivity index (χ3n) is 1.25. The quantitative estimate of drug-likeness (QED) is 0.534. The molecule has 5 heteroatoms. The summed E-state index contributed by atoms with van der Waals surface area (Å²) in [6, 6.07) is 1.15. The first-order chi connectivity index (χ1) is 6.11. The Kier molecular flexibility index (Phi) is 3.08. The fraction of sp³-hybridized carbons (Fsp3) is 0.250. The van der Waals surface area contributed by atoms with Gasteiger partial charge in [0.2, 0.25) is 11.2 Å². The normalized spacial score (nSPS) is 12.2. The minimum Gasteiger partial charge on any atom is -0.468 e. The van der Waals surface area contributed by atoms with Gasteiger partial charge in [-0.05, 0) is 6.92 Å². The van der Waals surface area contributed by atoms with Crippen LogP contribution in [-0.2, 0) is 4.79 Å². The SMILES string of the molecule is CC(Cl)C(=O)Oc1coccc1=O. The second-order valence-corrected chi connectivity index (χ2v) is 2.98. The Hall–Kier alpha value is -1.29. The van der Waals surface area contributed by atoms with Gasteiger partial charge in [-0.3, -0.25) is 9.59 Å². The maximum Gasteiger partial charge on any atom is 0.329 e. The lowest BCUT2D eigenvalue weighted by Crippen LogP contribution is -2.20. The molecule has 1 atom stereocenters. The molecule has 0 aliphatic rings. The predicted octanol–water partition coefficient (Wildman–Crippen LogP) is 1.17. The molecule has 1 aromatic rings. The number of alkyl halides is 1. The summed E-state index contributed by atoms with van der Waals surface area (Å²) in [7, 11) is 0. The van der Waals surface area contributed by atoms with Crippen molar-refractivity contribution < 1.29 is 13.9 Å². The van der Waals surface area contributed by atoms with E-state index in [1.165, 1.54) is 13.2 Å². The first-order valence-electron chi connectivity index (χ1n) is 3.53. The third-order valence-corrected chi connectivity index (χ3v) is 1.43. The first-order valence-corrected chi connectivity index (χ1v) is 3.97. The lowest BCUT2D eigenvalue weighted by Gasteiger charge is -2.02. The lowest BCUT2D eigenvalue weighted by molar-refractivity contribution is -0.133. The Bertz CT molecular complexity index is 355. The molecule has 0 radical (unpaired) electrons. The number of hydrogen-bond acceptors (Lipinski definition) is 4. The Labute approximate surface area is 79.1 Å². The number of carbonyl (C=O) groups is 1. The highest BCUT2D eigenvalue weighted by molar-refractivity contribution is 6.29. The molecule has 70 valence electrons. The molecule has 1 heterocycles. The van der Waals surface area contributed by atoms with Crippen molar-refractivity contribution in [3.63, 3.8) is 0 Å². The van der Waals surface area contributed by atoms with Crippen molar-refractivity contribution in [2.45, 2.75) is 12.3 Å². The van der Waals surface area contributed by atoms with E-state index < -0.39 is 16.8 Å². The van der Waals surface area contributed by atoms with Gasteiger partial charge in [0.05, 0.1) is 6.26 Å². The van der Waals surface area contributed by atoms with Crippen LogP contribution in [0.5, 0.6) is 5.75 Å². The first kappa shape index (κ1) is 9.80. The lowest BCUT2D eigenvalue weighted by atomic mass is 10.4. The van der Waals surface area contributed by atoms with Gasteiger partial charge in [-0.15, -0.1) is 11.6 Å². The molecule has 0 spiro atoms. The molecule has 0 bridgehead atoms. The molecule has 4 nitrogen and oxygen atoms in total. The van der Waals surface area contributed by atoms with E-state index in [4.69, 9.17) is 11.6 Å². The molecule has 1 unspecified atom stereocenters. The fourth-order valence-corrected chi connectivity index (χ4v) is 0.651. The fourth-order valence-electron chi connectivity index (χ4n) is 0.606. The number of halogens is 1. The summed E-state index contributed by atoms with van der Waals surface area (Å²) in [4.78, 5) is 21.9. The van der Waals surface area contributed by atoms with Crippen LogP contribution in [0.15, 0.2) is 27.8 Å². The standard InChI is InChI=1S/C8H7ClO4/c1-5(9)8(11)13-7-4-12-3-2-6(7)10/h2-5H,1H3. The topological polar surface area (TPSA) is 56.5 Å². The van der Waals surface area contributed by atoms with Crippen molar-refractivity contribution in [3.8, 4) is 5.75 Å². The van der Waals surface area contributed by atoms with Crippen molar-refractivity contribution in [3.05, 3.63) is 28.8 Å². The zero-order chi connectivity index (χ0) is 9.84. The molecular formula is C8H7ClO4. The molecule has 0 aliphatic heterocycles. The van der Waals surface area contributed by atoms with E-state index in [0.29, 0.717) is 0 Å². The Morgan fingerprint density at radius 2 is 2.38 bits per heavy atom. The van der Waals surface area contributed by atoms with Crippen LogP contribution >= 0.6 is 11.6 Å². The van der Waals surface area contributed by atoms with E-state index in [2.05, 4.69) is 9.15 Å². The van der Waals surface area contributed by atoms with Crippen molar-refractivity contribution >= 4 is 17.6 Å². The summed E-state index contributed by atoms with van der Waals surface area (Å²) in [5.74, 6) is -0.833. The van der Waals surface area contributed by atoms with Gasteiger partial charge < -0.3 is 9.15 Å². The second-order valence-electron chi connectivity index (χ2n) is 2.32. The summed E-state index contributed by atoms with van der Waals surface area (Å²) >= 11 is 5.42. The van der Waals surface area contributed by atoms with Crippen LogP contribution in [0.4, 0.5) is 0 Å². The van der Waals surface area contributed by atoms with Crippen LogP contribution < -0.4 is 10.2 Å². The Morgan fingerprint density at radius 3 is 2.92 bits per heavy atom. The van der Waals surface area contributed by atoms with Crippen LogP contribution in [0.1, 0.15) is 6.92 Å². The molecule has 0 N–H and O–H groups in total. The van der Waals surface area contributed by atoms with Crippen LogP contribution in [0.25, 0.3) is 0 Å². The molecule has 1 aromatic heterocycles. The number of rotatable bonds is 2. The maximum absolute atomic E-state index is 11.0. The Morgan fingerprint density at radius 1 is 1.69 bits per heavy atom.